The van der Waals surface area contributed by atoms with E-state index in [1.54, 1.807) is 6.33 Å². The Balaban J connectivity index is 1.78. The van der Waals surface area contributed by atoms with E-state index in [-0.39, 0.29) is 11.3 Å². The first-order valence-electron chi connectivity index (χ1n) is 6.63. The van der Waals surface area contributed by atoms with Gasteiger partial charge in [0.05, 0.1) is 22.8 Å². The molecule has 0 atom stereocenters. The molecule has 1 aromatic heterocycles. The van der Waals surface area contributed by atoms with Crippen LogP contribution < -0.4 is 10.6 Å². The molecule has 1 heterocycles. The average molecular weight is 258 g/mol. The molecule has 2 aromatic rings. The number of aromatic amines is 1. The number of nitrogens with zero attached hydrogens (tertiary/aromatic N) is 1. The number of amides is 1. The molecule has 1 amide bonds. The monoisotopic (exact) mass is 258 g/mol. The number of hydrogen-bond donors (Lipinski definition) is 3. The summed E-state index contributed by atoms with van der Waals surface area (Å²) in [5, 5.41) is 6.15. The van der Waals surface area contributed by atoms with E-state index in [9.17, 15) is 4.79 Å². The summed E-state index contributed by atoms with van der Waals surface area (Å²) < 4.78 is 0. The van der Waals surface area contributed by atoms with E-state index in [1.807, 2.05) is 25.2 Å². The highest BCUT2D eigenvalue weighted by Gasteiger charge is 2.43. The average Bonchev–Trinajstić information content (AvgIpc) is 2.80. The van der Waals surface area contributed by atoms with Gasteiger partial charge < -0.3 is 15.6 Å². The van der Waals surface area contributed by atoms with Gasteiger partial charge in [0.25, 0.3) is 0 Å². The van der Waals surface area contributed by atoms with E-state index in [0.717, 1.165) is 42.5 Å². The summed E-state index contributed by atoms with van der Waals surface area (Å²) >= 11 is 0. The lowest BCUT2D eigenvalue weighted by Crippen LogP contribution is -2.48. The fourth-order valence-corrected chi connectivity index (χ4v) is 2.70. The summed E-state index contributed by atoms with van der Waals surface area (Å²) in [5.74, 6) is 0.118. The third-order valence-electron chi connectivity index (χ3n) is 3.99. The topological polar surface area (TPSA) is 69.8 Å². The van der Waals surface area contributed by atoms with Gasteiger partial charge in [0, 0.05) is 12.2 Å². The SMILES string of the molecule is CNCC1(C(=O)Nc2ccc3nc[nH]c3c2)CCC1. The number of imidazole rings is 1. The van der Waals surface area contributed by atoms with E-state index < -0.39 is 0 Å². The normalized spacial score (nSPS) is 17.1. The molecule has 3 rings (SSSR count). The van der Waals surface area contributed by atoms with E-state index >= 15 is 0 Å². The lowest BCUT2D eigenvalue weighted by molar-refractivity contribution is -0.129. The molecule has 0 saturated heterocycles. The third-order valence-corrected chi connectivity index (χ3v) is 3.99. The zero-order chi connectivity index (χ0) is 13.3. The van der Waals surface area contributed by atoms with Gasteiger partial charge in [0.2, 0.25) is 5.91 Å². The molecule has 100 valence electrons. The van der Waals surface area contributed by atoms with Crippen molar-refractivity contribution in [3.8, 4) is 0 Å². The Morgan fingerprint density at radius 2 is 2.32 bits per heavy atom. The van der Waals surface area contributed by atoms with Crippen LogP contribution in [0.2, 0.25) is 0 Å². The first kappa shape index (κ1) is 12.2. The van der Waals surface area contributed by atoms with Gasteiger partial charge >= 0.3 is 0 Å². The minimum atomic E-state index is -0.225. The maximum absolute atomic E-state index is 12.4. The van der Waals surface area contributed by atoms with E-state index in [4.69, 9.17) is 0 Å². The number of nitrogens with one attached hydrogen (secondary N) is 3. The Bertz CT molecular complexity index is 600. The van der Waals surface area contributed by atoms with Crippen molar-refractivity contribution in [3.05, 3.63) is 24.5 Å². The molecule has 5 nitrogen and oxygen atoms in total. The highest BCUT2D eigenvalue weighted by atomic mass is 16.2. The standard InChI is InChI=1S/C14H18N4O/c1-15-8-14(5-2-6-14)13(19)18-10-3-4-11-12(7-10)17-9-16-11/h3-4,7,9,15H,2,5-6,8H2,1H3,(H,16,17)(H,18,19). The van der Waals surface area contributed by atoms with Crippen molar-refractivity contribution in [1.82, 2.24) is 15.3 Å². The van der Waals surface area contributed by atoms with Gasteiger partial charge in [-0.15, -0.1) is 0 Å². The number of H-pyrrole nitrogens is 1. The first-order chi connectivity index (χ1) is 9.23. The highest BCUT2D eigenvalue weighted by Crippen LogP contribution is 2.41. The number of fused-ring (bicyclic) bond motifs is 1. The van der Waals surface area contributed by atoms with E-state index in [0.29, 0.717) is 0 Å². The number of anilines is 1. The van der Waals surface area contributed by atoms with Crippen LogP contribution in [-0.4, -0.2) is 29.5 Å². The zero-order valence-corrected chi connectivity index (χ0v) is 11.0. The maximum Gasteiger partial charge on any atom is 0.231 e. The van der Waals surface area contributed by atoms with Crippen LogP contribution in [0.3, 0.4) is 0 Å². The van der Waals surface area contributed by atoms with Crippen LogP contribution in [0, 0.1) is 5.41 Å². The molecule has 0 aliphatic heterocycles. The smallest absolute Gasteiger partial charge is 0.231 e. The number of hydrogen-bond acceptors (Lipinski definition) is 3. The Morgan fingerprint density at radius 1 is 1.47 bits per heavy atom. The van der Waals surface area contributed by atoms with Crippen LogP contribution in [-0.2, 0) is 4.79 Å². The molecule has 0 radical (unpaired) electrons. The molecule has 1 aliphatic rings. The molecule has 1 aliphatic carbocycles. The lowest BCUT2D eigenvalue weighted by atomic mass is 9.68. The summed E-state index contributed by atoms with van der Waals surface area (Å²) in [6, 6.07) is 5.73. The Morgan fingerprint density at radius 3 is 3.00 bits per heavy atom. The van der Waals surface area contributed by atoms with Crippen molar-refractivity contribution in [2.45, 2.75) is 19.3 Å². The van der Waals surface area contributed by atoms with Crippen LogP contribution in [0.4, 0.5) is 5.69 Å². The summed E-state index contributed by atoms with van der Waals surface area (Å²) in [4.78, 5) is 19.6. The molecule has 0 spiro atoms. The fraction of sp³-hybridized carbons (Fsp3) is 0.429. The molecule has 0 bridgehead atoms. The quantitative estimate of drug-likeness (QED) is 0.784. The molecule has 0 unspecified atom stereocenters. The molecular formula is C14H18N4O. The minimum absolute atomic E-state index is 0.118. The molecular weight excluding hydrogens is 240 g/mol. The van der Waals surface area contributed by atoms with Crippen molar-refractivity contribution < 1.29 is 4.79 Å². The number of carbonyl (C=O) groups excluding carboxylic acids is 1. The Labute approximate surface area is 111 Å². The van der Waals surface area contributed by atoms with Crippen molar-refractivity contribution in [2.75, 3.05) is 18.9 Å². The van der Waals surface area contributed by atoms with E-state index in [2.05, 4.69) is 20.6 Å². The number of carbonyl (C=O) groups is 1. The summed E-state index contributed by atoms with van der Waals surface area (Å²) in [6.45, 7) is 0.741. The lowest BCUT2D eigenvalue weighted by Gasteiger charge is -2.40. The zero-order valence-electron chi connectivity index (χ0n) is 11.0. The molecule has 3 N–H and O–H groups in total. The number of benzene rings is 1. The molecule has 5 heteroatoms. The second kappa shape index (κ2) is 4.66. The predicted molar refractivity (Wildman–Crippen MR) is 74.9 cm³/mol. The van der Waals surface area contributed by atoms with Gasteiger partial charge in [-0.1, -0.05) is 6.42 Å². The minimum Gasteiger partial charge on any atom is -0.345 e. The van der Waals surface area contributed by atoms with Crippen molar-refractivity contribution in [1.29, 1.82) is 0 Å². The Kier molecular flexibility index (Phi) is 2.98. The molecule has 19 heavy (non-hydrogen) atoms. The Hall–Kier alpha value is -1.88. The largest absolute Gasteiger partial charge is 0.345 e. The molecule has 1 fully saturated rings. The van der Waals surface area contributed by atoms with Crippen LogP contribution >= 0.6 is 0 Å². The van der Waals surface area contributed by atoms with Gasteiger partial charge in [-0.2, -0.15) is 0 Å². The van der Waals surface area contributed by atoms with Gasteiger partial charge in [-0.25, -0.2) is 4.98 Å². The fourth-order valence-electron chi connectivity index (χ4n) is 2.70. The van der Waals surface area contributed by atoms with Gasteiger partial charge in [0.15, 0.2) is 0 Å². The predicted octanol–water partition coefficient (Wildman–Crippen LogP) is 1.89. The number of rotatable bonds is 4. The second-order valence-electron chi connectivity index (χ2n) is 5.25. The maximum atomic E-state index is 12.4. The molecule has 1 saturated carbocycles. The van der Waals surface area contributed by atoms with Crippen LogP contribution in [0.25, 0.3) is 11.0 Å². The van der Waals surface area contributed by atoms with Crippen molar-refractivity contribution in [2.24, 2.45) is 5.41 Å². The van der Waals surface area contributed by atoms with Gasteiger partial charge in [0.1, 0.15) is 0 Å². The summed E-state index contributed by atoms with van der Waals surface area (Å²) in [5.41, 5.74) is 2.45. The summed E-state index contributed by atoms with van der Waals surface area (Å²) in [6.07, 6.45) is 4.72. The van der Waals surface area contributed by atoms with E-state index in [1.165, 1.54) is 0 Å². The highest BCUT2D eigenvalue weighted by molar-refractivity contribution is 5.97. The number of aromatic nitrogens is 2. The first-order valence-corrected chi connectivity index (χ1v) is 6.63. The molecule has 1 aromatic carbocycles. The van der Waals surface area contributed by atoms with Crippen LogP contribution in [0.15, 0.2) is 24.5 Å². The van der Waals surface area contributed by atoms with Crippen LogP contribution in [0.1, 0.15) is 19.3 Å². The second-order valence-corrected chi connectivity index (χ2v) is 5.25. The van der Waals surface area contributed by atoms with Crippen LogP contribution in [0.5, 0.6) is 0 Å². The summed E-state index contributed by atoms with van der Waals surface area (Å²) in [7, 11) is 1.89. The van der Waals surface area contributed by atoms with Crippen molar-refractivity contribution >= 4 is 22.6 Å². The van der Waals surface area contributed by atoms with Gasteiger partial charge in [-0.05, 0) is 38.1 Å². The third kappa shape index (κ3) is 2.10. The van der Waals surface area contributed by atoms with Crippen molar-refractivity contribution in [3.63, 3.8) is 0 Å². The van der Waals surface area contributed by atoms with Gasteiger partial charge in [-0.3, -0.25) is 4.79 Å².